The van der Waals surface area contributed by atoms with Gasteiger partial charge in [0.05, 0.1) is 5.56 Å². The summed E-state index contributed by atoms with van der Waals surface area (Å²) in [6.07, 6.45) is 0. The number of carboxylic acid groups (broad SMARTS) is 1. The molecule has 126 valence electrons. The van der Waals surface area contributed by atoms with Gasteiger partial charge in [0.25, 0.3) is 0 Å². The zero-order chi connectivity index (χ0) is 17.5. The molecule has 0 aliphatic carbocycles. The summed E-state index contributed by atoms with van der Waals surface area (Å²) in [6, 6.07) is 24.7. The summed E-state index contributed by atoms with van der Waals surface area (Å²) in [5, 5.41) is 12.2. The maximum absolute atomic E-state index is 10.9. The summed E-state index contributed by atoms with van der Waals surface area (Å²) in [5.74, 6) is -0.0980. The van der Waals surface area contributed by atoms with Gasteiger partial charge in [-0.25, -0.2) is 4.79 Å². The SMILES string of the molecule is O=C(O)c1ccc(NCc2cccc(OCc3ccccc3)c2)cc1. The van der Waals surface area contributed by atoms with Crippen LogP contribution in [0.1, 0.15) is 21.5 Å². The second kappa shape index (κ2) is 8.02. The van der Waals surface area contributed by atoms with Crippen molar-refractivity contribution in [2.45, 2.75) is 13.2 Å². The van der Waals surface area contributed by atoms with E-state index in [0.717, 1.165) is 22.6 Å². The van der Waals surface area contributed by atoms with E-state index in [1.165, 1.54) is 0 Å². The minimum Gasteiger partial charge on any atom is -0.489 e. The number of carboxylic acids is 1. The molecule has 3 rings (SSSR count). The van der Waals surface area contributed by atoms with Gasteiger partial charge in [-0.05, 0) is 47.5 Å². The fraction of sp³-hybridized carbons (Fsp3) is 0.0952. The molecule has 25 heavy (non-hydrogen) atoms. The molecule has 0 heterocycles. The van der Waals surface area contributed by atoms with Gasteiger partial charge in [0, 0.05) is 12.2 Å². The molecule has 2 N–H and O–H groups in total. The first-order valence-corrected chi connectivity index (χ1v) is 8.03. The van der Waals surface area contributed by atoms with Crippen LogP contribution in [0, 0.1) is 0 Å². The smallest absolute Gasteiger partial charge is 0.335 e. The Labute approximate surface area is 146 Å². The second-order valence-electron chi connectivity index (χ2n) is 5.66. The Morgan fingerprint density at radius 1 is 0.880 bits per heavy atom. The Morgan fingerprint density at radius 2 is 1.60 bits per heavy atom. The number of nitrogens with one attached hydrogen (secondary N) is 1. The van der Waals surface area contributed by atoms with Gasteiger partial charge in [0.1, 0.15) is 12.4 Å². The van der Waals surface area contributed by atoms with Crippen molar-refractivity contribution in [3.05, 3.63) is 95.6 Å². The van der Waals surface area contributed by atoms with Crippen molar-refractivity contribution < 1.29 is 14.6 Å². The number of ether oxygens (including phenoxy) is 1. The highest BCUT2D eigenvalue weighted by Crippen LogP contribution is 2.17. The van der Waals surface area contributed by atoms with Crippen molar-refractivity contribution in [2.24, 2.45) is 0 Å². The van der Waals surface area contributed by atoms with Crippen LogP contribution in [-0.4, -0.2) is 11.1 Å². The van der Waals surface area contributed by atoms with Crippen LogP contribution in [0.3, 0.4) is 0 Å². The van der Waals surface area contributed by atoms with Crippen LogP contribution >= 0.6 is 0 Å². The van der Waals surface area contributed by atoms with E-state index in [1.807, 2.05) is 54.6 Å². The normalized spacial score (nSPS) is 10.2. The molecule has 4 heteroatoms. The largest absolute Gasteiger partial charge is 0.489 e. The lowest BCUT2D eigenvalue weighted by atomic mass is 10.2. The Morgan fingerprint density at radius 3 is 2.32 bits per heavy atom. The highest BCUT2D eigenvalue weighted by molar-refractivity contribution is 5.87. The summed E-state index contributed by atoms with van der Waals surface area (Å²) in [4.78, 5) is 10.9. The Balaban J connectivity index is 1.57. The quantitative estimate of drug-likeness (QED) is 0.665. The first-order valence-electron chi connectivity index (χ1n) is 8.03. The molecule has 0 radical (unpaired) electrons. The molecule has 3 aromatic carbocycles. The lowest BCUT2D eigenvalue weighted by Gasteiger charge is -2.10. The van der Waals surface area contributed by atoms with E-state index in [1.54, 1.807) is 24.3 Å². The molecule has 0 bridgehead atoms. The number of carbonyl (C=O) groups is 1. The fourth-order valence-electron chi connectivity index (χ4n) is 2.42. The summed E-state index contributed by atoms with van der Waals surface area (Å²) in [6.45, 7) is 1.17. The molecule has 0 amide bonds. The third kappa shape index (κ3) is 4.85. The van der Waals surface area contributed by atoms with Crippen LogP contribution in [0.15, 0.2) is 78.9 Å². The predicted molar refractivity (Wildman–Crippen MR) is 97.9 cm³/mol. The number of benzene rings is 3. The van der Waals surface area contributed by atoms with Crippen LogP contribution in [0.4, 0.5) is 5.69 Å². The van der Waals surface area contributed by atoms with E-state index in [9.17, 15) is 4.79 Å². The molecule has 0 unspecified atom stereocenters. The number of aromatic carboxylic acids is 1. The lowest BCUT2D eigenvalue weighted by Crippen LogP contribution is -2.01. The molecule has 0 aliphatic rings. The van der Waals surface area contributed by atoms with Gasteiger partial charge >= 0.3 is 5.97 Å². The minimum absolute atomic E-state index is 0.279. The van der Waals surface area contributed by atoms with E-state index in [0.29, 0.717) is 13.2 Å². The summed E-state index contributed by atoms with van der Waals surface area (Å²) in [7, 11) is 0. The average molecular weight is 333 g/mol. The minimum atomic E-state index is -0.921. The summed E-state index contributed by atoms with van der Waals surface area (Å²) >= 11 is 0. The van der Waals surface area contributed by atoms with Crippen molar-refractivity contribution in [1.29, 1.82) is 0 Å². The standard InChI is InChI=1S/C21H19NO3/c23-21(24)18-9-11-19(12-10-18)22-14-17-7-4-8-20(13-17)25-15-16-5-2-1-3-6-16/h1-13,22H,14-15H2,(H,23,24). The third-order valence-corrected chi connectivity index (χ3v) is 3.78. The molecule has 0 saturated heterocycles. The summed E-state index contributed by atoms with van der Waals surface area (Å²) < 4.78 is 5.83. The summed E-state index contributed by atoms with van der Waals surface area (Å²) in [5.41, 5.74) is 3.37. The molecular formula is C21H19NO3. The van der Waals surface area contributed by atoms with Gasteiger partial charge in [-0.1, -0.05) is 42.5 Å². The van der Waals surface area contributed by atoms with E-state index < -0.39 is 5.97 Å². The van der Waals surface area contributed by atoms with Gasteiger partial charge in [-0.2, -0.15) is 0 Å². The van der Waals surface area contributed by atoms with E-state index in [-0.39, 0.29) is 5.56 Å². The van der Waals surface area contributed by atoms with Crippen LogP contribution in [-0.2, 0) is 13.2 Å². The number of rotatable bonds is 7. The highest BCUT2D eigenvalue weighted by Gasteiger charge is 2.02. The molecule has 3 aromatic rings. The van der Waals surface area contributed by atoms with Crippen LogP contribution in [0.5, 0.6) is 5.75 Å². The van der Waals surface area contributed by atoms with E-state index in [2.05, 4.69) is 5.32 Å². The number of hydrogen-bond acceptors (Lipinski definition) is 3. The van der Waals surface area contributed by atoms with Crippen molar-refractivity contribution in [1.82, 2.24) is 0 Å². The zero-order valence-corrected chi connectivity index (χ0v) is 13.7. The maximum Gasteiger partial charge on any atom is 0.335 e. The monoisotopic (exact) mass is 333 g/mol. The highest BCUT2D eigenvalue weighted by atomic mass is 16.5. The molecule has 0 saturated carbocycles. The van der Waals surface area contributed by atoms with E-state index in [4.69, 9.17) is 9.84 Å². The van der Waals surface area contributed by atoms with Crippen LogP contribution in [0.25, 0.3) is 0 Å². The third-order valence-electron chi connectivity index (χ3n) is 3.78. The number of anilines is 1. The second-order valence-corrected chi connectivity index (χ2v) is 5.66. The molecule has 0 aromatic heterocycles. The van der Waals surface area contributed by atoms with Crippen LogP contribution in [0.2, 0.25) is 0 Å². The lowest BCUT2D eigenvalue weighted by molar-refractivity contribution is 0.0697. The zero-order valence-electron chi connectivity index (χ0n) is 13.7. The maximum atomic E-state index is 10.9. The van der Waals surface area contributed by atoms with Crippen molar-refractivity contribution >= 4 is 11.7 Å². The Kier molecular flexibility index (Phi) is 5.32. The molecule has 4 nitrogen and oxygen atoms in total. The van der Waals surface area contributed by atoms with Crippen LogP contribution < -0.4 is 10.1 Å². The Bertz CT molecular complexity index is 829. The topological polar surface area (TPSA) is 58.6 Å². The average Bonchev–Trinajstić information content (AvgIpc) is 2.66. The predicted octanol–water partition coefficient (Wildman–Crippen LogP) is 4.58. The fourth-order valence-corrected chi connectivity index (χ4v) is 2.42. The van der Waals surface area contributed by atoms with Gasteiger partial charge in [-0.3, -0.25) is 0 Å². The molecule has 0 fully saturated rings. The van der Waals surface area contributed by atoms with Gasteiger partial charge in [-0.15, -0.1) is 0 Å². The van der Waals surface area contributed by atoms with Gasteiger partial charge < -0.3 is 15.2 Å². The van der Waals surface area contributed by atoms with E-state index >= 15 is 0 Å². The Hall–Kier alpha value is -3.27. The molecular weight excluding hydrogens is 314 g/mol. The van der Waals surface area contributed by atoms with Crippen molar-refractivity contribution in [3.63, 3.8) is 0 Å². The molecule has 0 aliphatic heterocycles. The molecule has 0 atom stereocenters. The van der Waals surface area contributed by atoms with Crippen molar-refractivity contribution in [3.8, 4) is 5.75 Å². The first kappa shape index (κ1) is 16.6. The number of hydrogen-bond donors (Lipinski definition) is 2. The van der Waals surface area contributed by atoms with Gasteiger partial charge in [0.15, 0.2) is 0 Å². The molecule has 0 spiro atoms. The first-order chi connectivity index (χ1) is 12.2. The van der Waals surface area contributed by atoms with Crippen molar-refractivity contribution in [2.75, 3.05) is 5.32 Å². The van der Waals surface area contributed by atoms with Gasteiger partial charge in [0.2, 0.25) is 0 Å².